The van der Waals surface area contributed by atoms with E-state index in [0.29, 0.717) is 67.4 Å². The van der Waals surface area contributed by atoms with E-state index in [1.165, 1.54) is 83.5 Å². The smallest absolute Gasteiger partial charge is 0.223 e. The van der Waals surface area contributed by atoms with Crippen LogP contribution in [-0.4, -0.2) is 30.7 Å². The van der Waals surface area contributed by atoms with Crippen molar-refractivity contribution >= 4 is 17.6 Å². The van der Waals surface area contributed by atoms with Crippen molar-refractivity contribution in [1.82, 2.24) is 10.6 Å². The van der Waals surface area contributed by atoms with Crippen LogP contribution in [0.1, 0.15) is 217 Å². The molecule has 312 valence electrons. The molecule has 0 fully saturated rings. The number of Topliss-reactive ketones (excluding diaryl/α,β-unsaturated/α-hetero) is 1. The van der Waals surface area contributed by atoms with Gasteiger partial charge in [0.25, 0.3) is 0 Å². The topological polar surface area (TPSA) is 75.3 Å². The molecule has 0 aromatic rings. The zero-order valence-corrected chi connectivity index (χ0v) is 37.6. The van der Waals surface area contributed by atoms with Crippen molar-refractivity contribution in [2.75, 3.05) is 13.1 Å². The van der Waals surface area contributed by atoms with Gasteiger partial charge in [0.1, 0.15) is 5.78 Å². The molecule has 2 aliphatic rings. The molecule has 5 heteroatoms. The van der Waals surface area contributed by atoms with Gasteiger partial charge in [-0.3, -0.25) is 14.4 Å². The molecule has 0 spiro atoms. The number of hydrogen-bond acceptors (Lipinski definition) is 3. The Labute approximate surface area is 334 Å². The van der Waals surface area contributed by atoms with Crippen LogP contribution in [0.5, 0.6) is 0 Å². The van der Waals surface area contributed by atoms with E-state index >= 15 is 0 Å². The number of amides is 2. The van der Waals surface area contributed by atoms with E-state index in [9.17, 15) is 14.4 Å². The third-order valence-electron chi connectivity index (χ3n) is 13.5. The molecule has 0 saturated carbocycles. The number of allylic oxidation sites excluding steroid dienone is 4. The van der Waals surface area contributed by atoms with Crippen molar-refractivity contribution in [2.24, 2.45) is 40.4 Å². The number of unbranched alkanes of at least 4 members (excludes halogenated alkanes) is 1. The molecule has 0 aromatic carbocycles. The summed E-state index contributed by atoms with van der Waals surface area (Å²) in [4.78, 5) is 38.7. The predicted octanol–water partition coefficient (Wildman–Crippen LogP) is 13.3. The van der Waals surface area contributed by atoms with Crippen molar-refractivity contribution in [3.8, 4) is 0 Å². The molecule has 0 bridgehead atoms. The first-order valence-electron chi connectivity index (χ1n) is 22.9. The first kappa shape index (κ1) is 48.2. The summed E-state index contributed by atoms with van der Waals surface area (Å²) in [7, 11) is 0. The lowest BCUT2D eigenvalue weighted by Gasteiger charge is -2.35. The van der Waals surface area contributed by atoms with Gasteiger partial charge in [-0.25, -0.2) is 0 Å². The molecular weight excluding hydrogens is 665 g/mol. The predicted molar refractivity (Wildman–Crippen MR) is 231 cm³/mol. The fraction of sp³-hybridized carbons (Fsp3) is 0.857. The Bertz CT molecular complexity index is 1210. The summed E-state index contributed by atoms with van der Waals surface area (Å²) in [6.45, 7) is 26.7. The highest BCUT2D eigenvalue weighted by Gasteiger charge is 2.29. The van der Waals surface area contributed by atoms with Gasteiger partial charge in [-0.1, -0.05) is 123 Å². The zero-order valence-electron chi connectivity index (χ0n) is 37.6. The van der Waals surface area contributed by atoms with Gasteiger partial charge >= 0.3 is 0 Å². The summed E-state index contributed by atoms with van der Waals surface area (Å²) < 4.78 is 0. The molecule has 5 atom stereocenters. The van der Waals surface area contributed by atoms with E-state index in [2.05, 4.69) is 79.9 Å². The van der Waals surface area contributed by atoms with Crippen molar-refractivity contribution < 1.29 is 14.4 Å². The van der Waals surface area contributed by atoms with Gasteiger partial charge < -0.3 is 10.6 Å². The lowest BCUT2D eigenvalue weighted by Crippen LogP contribution is -2.32. The Morgan fingerprint density at radius 2 is 1.07 bits per heavy atom. The minimum atomic E-state index is -0.278. The lowest BCUT2D eigenvalue weighted by molar-refractivity contribution is -0.130. The van der Waals surface area contributed by atoms with Crippen LogP contribution in [0.4, 0.5) is 0 Å². The van der Waals surface area contributed by atoms with Crippen LogP contribution in [0, 0.1) is 40.4 Å². The molecule has 0 radical (unpaired) electrons. The van der Waals surface area contributed by atoms with Gasteiger partial charge in [-0.2, -0.15) is 0 Å². The van der Waals surface area contributed by atoms with Crippen LogP contribution in [0.15, 0.2) is 22.3 Å². The lowest BCUT2D eigenvalue weighted by atomic mass is 9.70. The first-order chi connectivity index (χ1) is 25.4. The zero-order chi connectivity index (χ0) is 40.3. The fourth-order valence-electron chi connectivity index (χ4n) is 9.88. The van der Waals surface area contributed by atoms with Gasteiger partial charge in [-0.05, 0) is 132 Å². The third-order valence-corrected chi connectivity index (χ3v) is 13.5. The maximum atomic E-state index is 13.1. The van der Waals surface area contributed by atoms with Gasteiger partial charge in [-0.15, -0.1) is 0 Å². The summed E-state index contributed by atoms with van der Waals surface area (Å²) in [5.41, 5.74) is 7.42. The largest absolute Gasteiger partial charge is 0.356 e. The van der Waals surface area contributed by atoms with Crippen LogP contribution in [-0.2, 0) is 14.4 Å². The Morgan fingerprint density at radius 3 is 1.56 bits per heavy atom. The summed E-state index contributed by atoms with van der Waals surface area (Å²) >= 11 is 0. The van der Waals surface area contributed by atoms with Gasteiger partial charge in [0.2, 0.25) is 11.8 Å². The van der Waals surface area contributed by atoms with E-state index in [0.717, 1.165) is 38.0 Å². The highest BCUT2D eigenvalue weighted by Crippen LogP contribution is 2.44. The second-order valence-electron chi connectivity index (χ2n) is 19.9. The summed E-state index contributed by atoms with van der Waals surface area (Å²) in [5, 5.41) is 6.08. The first-order valence-corrected chi connectivity index (χ1v) is 22.9. The maximum Gasteiger partial charge on any atom is 0.223 e. The minimum absolute atomic E-state index is 0.00368. The number of nitrogens with one attached hydrogen (secondary N) is 2. The van der Waals surface area contributed by atoms with Crippen LogP contribution < -0.4 is 10.6 Å². The van der Waals surface area contributed by atoms with Crippen LogP contribution in [0.2, 0.25) is 0 Å². The molecular formula is C49H88N2O3. The number of rotatable bonds is 27. The van der Waals surface area contributed by atoms with E-state index in [1.807, 2.05) is 6.92 Å². The molecule has 0 saturated heterocycles. The maximum absolute atomic E-state index is 13.1. The molecule has 5 nitrogen and oxygen atoms in total. The van der Waals surface area contributed by atoms with E-state index < -0.39 is 0 Å². The Kier molecular flexibility index (Phi) is 22.0. The normalized spacial score (nSPS) is 19.9. The third kappa shape index (κ3) is 18.4. The van der Waals surface area contributed by atoms with Crippen LogP contribution >= 0.6 is 0 Å². The van der Waals surface area contributed by atoms with Gasteiger partial charge in [0.15, 0.2) is 0 Å². The highest BCUT2D eigenvalue weighted by atomic mass is 16.2. The van der Waals surface area contributed by atoms with Gasteiger partial charge in [0, 0.05) is 38.3 Å². The van der Waals surface area contributed by atoms with E-state index in [4.69, 9.17) is 0 Å². The Hall–Kier alpha value is -1.91. The Balaban J connectivity index is 1.61. The number of carbonyl (C=O) groups is 3. The standard InChI is InChI=1S/C49H88N2O3/c1-12-50-47(54)42(35-43(52)33-38(4)21-15-19-36(2)26-28-44-40(6)23-17-30-48(44,8)9)25-13-14-32-51-46(53)34-39(5)22-16-20-37(3)27-29-45-41(7)24-18-31-49(45,10)11/h36-39,42H,12-35H2,1-11H3,(H,50,54)(H,51,53). The molecule has 0 aromatic heterocycles. The molecule has 2 amide bonds. The van der Waals surface area contributed by atoms with E-state index in [1.54, 1.807) is 22.3 Å². The van der Waals surface area contributed by atoms with Crippen molar-refractivity contribution in [2.45, 2.75) is 217 Å². The number of hydrogen-bond donors (Lipinski definition) is 2. The quantitative estimate of drug-likeness (QED) is 0.0648. The second kappa shape index (κ2) is 24.7. The van der Waals surface area contributed by atoms with E-state index in [-0.39, 0.29) is 23.5 Å². The molecule has 0 heterocycles. The molecule has 2 rings (SSSR count). The molecule has 54 heavy (non-hydrogen) atoms. The average molecular weight is 753 g/mol. The summed E-state index contributed by atoms with van der Waals surface area (Å²) in [6, 6.07) is 0. The molecule has 2 aliphatic carbocycles. The monoisotopic (exact) mass is 753 g/mol. The van der Waals surface area contributed by atoms with Crippen molar-refractivity contribution in [3.63, 3.8) is 0 Å². The van der Waals surface area contributed by atoms with Crippen molar-refractivity contribution in [3.05, 3.63) is 22.3 Å². The van der Waals surface area contributed by atoms with Crippen LogP contribution in [0.3, 0.4) is 0 Å². The number of carbonyl (C=O) groups excluding carboxylic acids is 3. The second-order valence-corrected chi connectivity index (χ2v) is 19.9. The fourth-order valence-corrected chi connectivity index (χ4v) is 9.88. The summed E-state index contributed by atoms with van der Waals surface area (Å²) in [6.07, 6.45) is 23.7. The Morgan fingerprint density at radius 1 is 0.593 bits per heavy atom. The SMILES string of the molecule is CCNC(=O)C(CCCCNC(=O)CC(C)CCCC(C)CCC1=C(C)CCCC1(C)C)CC(=O)CC(C)CCCC(C)CCC1=C(C)CCCC1(C)C. The molecule has 2 N–H and O–H groups in total. The van der Waals surface area contributed by atoms with Crippen LogP contribution in [0.25, 0.3) is 0 Å². The average Bonchev–Trinajstić information content (AvgIpc) is 3.06. The number of ketones is 1. The van der Waals surface area contributed by atoms with Gasteiger partial charge in [0.05, 0.1) is 0 Å². The highest BCUT2D eigenvalue weighted by molar-refractivity contribution is 5.86. The summed E-state index contributed by atoms with van der Waals surface area (Å²) in [5.74, 6) is 2.24. The molecule has 0 aliphatic heterocycles. The molecule has 5 unspecified atom stereocenters. The minimum Gasteiger partial charge on any atom is -0.356 e. The van der Waals surface area contributed by atoms with Crippen molar-refractivity contribution in [1.29, 1.82) is 0 Å².